The molecule has 0 saturated carbocycles. The smallest absolute Gasteiger partial charge is 0.0876 e. The van der Waals surface area contributed by atoms with Crippen LogP contribution in [0.4, 0.5) is 0 Å². The van der Waals surface area contributed by atoms with Gasteiger partial charge in [-0.25, -0.2) is 0 Å². The summed E-state index contributed by atoms with van der Waals surface area (Å²) in [4.78, 5) is 0. The standard InChI is InChI=1S/C12H14N2/c1-12(13,14)11-8-4-6-9-5-2-3-7-10(9)11/h2-8H,13-14H2,1H3. The number of fused-ring (bicyclic) bond motifs is 1. The molecule has 0 fully saturated rings. The van der Waals surface area contributed by atoms with Crippen molar-refractivity contribution in [1.82, 2.24) is 0 Å². The molecule has 0 aliphatic rings. The van der Waals surface area contributed by atoms with Gasteiger partial charge in [-0.05, 0) is 23.3 Å². The lowest BCUT2D eigenvalue weighted by Crippen LogP contribution is -2.42. The van der Waals surface area contributed by atoms with Crippen LogP contribution in [0.5, 0.6) is 0 Å². The van der Waals surface area contributed by atoms with E-state index >= 15 is 0 Å². The van der Waals surface area contributed by atoms with Crippen molar-refractivity contribution < 1.29 is 0 Å². The van der Waals surface area contributed by atoms with E-state index in [1.807, 2.05) is 37.3 Å². The average molecular weight is 186 g/mol. The van der Waals surface area contributed by atoms with Gasteiger partial charge in [0.05, 0.1) is 5.66 Å². The van der Waals surface area contributed by atoms with Crippen LogP contribution in [0.1, 0.15) is 12.5 Å². The van der Waals surface area contributed by atoms with Crippen LogP contribution in [0, 0.1) is 0 Å². The highest BCUT2D eigenvalue weighted by Gasteiger charge is 2.16. The largest absolute Gasteiger partial charge is 0.310 e. The molecule has 2 nitrogen and oxygen atoms in total. The lowest BCUT2D eigenvalue weighted by molar-refractivity contribution is 0.525. The molecule has 0 unspecified atom stereocenters. The van der Waals surface area contributed by atoms with Crippen LogP contribution in [0.2, 0.25) is 0 Å². The molecule has 14 heavy (non-hydrogen) atoms. The Morgan fingerprint density at radius 3 is 2.29 bits per heavy atom. The SMILES string of the molecule is CC(N)(N)c1cccc2ccccc12. The van der Waals surface area contributed by atoms with E-state index in [0.717, 1.165) is 10.9 Å². The molecule has 0 radical (unpaired) electrons. The summed E-state index contributed by atoms with van der Waals surface area (Å²) in [6, 6.07) is 14.1. The predicted molar refractivity (Wildman–Crippen MR) is 59.7 cm³/mol. The number of rotatable bonds is 1. The maximum atomic E-state index is 5.90. The fourth-order valence-electron chi connectivity index (χ4n) is 1.70. The van der Waals surface area contributed by atoms with Crippen LogP contribution in [0.15, 0.2) is 42.5 Å². The maximum Gasteiger partial charge on any atom is 0.0876 e. The van der Waals surface area contributed by atoms with E-state index in [1.165, 1.54) is 5.39 Å². The van der Waals surface area contributed by atoms with Crippen LogP contribution in [-0.2, 0) is 5.66 Å². The van der Waals surface area contributed by atoms with Crippen LogP contribution in [0.3, 0.4) is 0 Å². The third-order valence-electron chi connectivity index (χ3n) is 2.37. The van der Waals surface area contributed by atoms with Crippen molar-refractivity contribution in [3.8, 4) is 0 Å². The minimum atomic E-state index is -0.777. The summed E-state index contributed by atoms with van der Waals surface area (Å²) in [5.41, 5.74) is 12.0. The zero-order valence-corrected chi connectivity index (χ0v) is 8.20. The van der Waals surface area contributed by atoms with Gasteiger partial charge in [0.15, 0.2) is 0 Å². The Morgan fingerprint density at radius 2 is 1.57 bits per heavy atom. The summed E-state index contributed by atoms with van der Waals surface area (Å²) in [5, 5.41) is 2.30. The molecule has 2 heteroatoms. The van der Waals surface area contributed by atoms with Gasteiger partial charge in [-0.15, -0.1) is 0 Å². The molecule has 4 N–H and O–H groups in total. The first kappa shape index (κ1) is 9.19. The van der Waals surface area contributed by atoms with Gasteiger partial charge in [-0.3, -0.25) is 0 Å². The average Bonchev–Trinajstić information content (AvgIpc) is 2.15. The minimum absolute atomic E-state index is 0.777. The topological polar surface area (TPSA) is 52.0 Å². The molecule has 2 aromatic rings. The minimum Gasteiger partial charge on any atom is -0.310 e. The summed E-state index contributed by atoms with van der Waals surface area (Å²) >= 11 is 0. The molecule has 0 heterocycles. The molecule has 72 valence electrons. The highest BCUT2D eigenvalue weighted by atomic mass is 14.9. The zero-order chi connectivity index (χ0) is 10.2. The summed E-state index contributed by atoms with van der Waals surface area (Å²) < 4.78 is 0. The molecule has 0 aliphatic carbocycles. The molecule has 0 atom stereocenters. The fourth-order valence-corrected chi connectivity index (χ4v) is 1.70. The summed E-state index contributed by atoms with van der Waals surface area (Å²) in [6.45, 7) is 1.81. The fraction of sp³-hybridized carbons (Fsp3) is 0.167. The Kier molecular flexibility index (Phi) is 2.02. The second-order valence-corrected chi connectivity index (χ2v) is 3.81. The highest BCUT2D eigenvalue weighted by Crippen LogP contribution is 2.23. The molecule has 0 aromatic heterocycles. The molecule has 2 aromatic carbocycles. The van der Waals surface area contributed by atoms with Crippen LogP contribution in [-0.4, -0.2) is 0 Å². The van der Waals surface area contributed by atoms with E-state index in [0.29, 0.717) is 0 Å². The normalized spacial score (nSPS) is 11.9. The van der Waals surface area contributed by atoms with Gasteiger partial charge in [-0.1, -0.05) is 42.5 Å². The van der Waals surface area contributed by atoms with E-state index < -0.39 is 5.66 Å². The number of hydrogen-bond donors (Lipinski definition) is 2. The molecular formula is C12H14N2. The Bertz CT molecular complexity index is 450. The van der Waals surface area contributed by atoms with Crippen molar-refractivity contribution in [2.24, 2.45) is 11.5 Å². The number of hydrogen-bond acceptors (Lipinski definition) is 2. The Balaban J connectivity index is 2.78. The monoisotopic (exact) mass is 186 g/mol. The van der Waals surface area contributed by atoms with Crippen molar-refractivity contribution in [3.05, 3.63) is 48.0 Å². The van der Waals surface area contributed by atoms with Crippen LogP contribution in [0.25, 0.3) is 10.8 Å². The van der Waals surface area contributed by atoms with Crippen molar-refractivity contribution in [3.63, 3.8) is 0 Å². The van der Waals surface area contributed by atoms with Crippen LogP contribution >= 0.6 is 0 Å². The molecule has 0 saturated heterocycles. The second-order valence-electron chi connectivity index (χ2n) is 3.81. The zero-order valence-electron chi connectivity index (χ0n) is 8.20. The second kappa shape index (κ2) is 3.08. The van der Waals surface area contributed by atoms with E-state index in [4.69, 9.17) is 11.5 Å². The highest BCUT2D eigenvalue weighted by molar-refractivity contribution is 5.86. The van der Waals surface area contributed by atoms with E-state index in [2.05, 4.69) is 12.1 Å². The van der Waals surface area contributed by atoms with Crippen molar-refractivity contribution in [2.45, 2.75) is 12.6 Å². The van der Waals surface area contributed by atoms with Gasteiger partial charge >= 0.3 is 0 Å². The van der Waals surface area contributed by atoms with Gasteiger partial charge < -0.3 is 11.5 Å². The molecular weight excluding hydrogens is 172 g/mol. The summed E-state index contributed by atoms with van der Waals surface area (Å²) in [6.07, 6.45) is 0. The Labute approximate surface area is 83.5 Å². The van der Waals surface area contributed by atoms with Crippen molar-refractivity contribution in [1.29, 1.82) is 0 Å². The molecule has 0 bridgehead atoms. The molecule has 0 spiro atoms. The third kappa shape index (κ3) is 1.50. The number of nitrogens with two attached hydrogens (primary N) is 2. The van der Waals surface area contributed by atoms with Gasteiger partial charge in [0, 0.05) is 0 Å². The quantitative estimate of drug-likeness (QED) is 0.668. The van der Waals surface area contributed by atoms with Gasteiger partial charge in [0.2, 0.25) is 0 Å². The van der Waals surface area contributed by atoms with Gasteiger partial charge in [0.25, 0.3) is 0 Å². The predicted octanol–water partition coefficient (Wildman–Crippen LogP) is 1.93. The van der Waals surface area contributed by atoms with E-state index in [1.54, 1.807) is 0 Å². The van der Waals surface area contributed by atoms with Crippen molar-refractivity contribution in [2.75, 3.05) is 0 Å². The first-order chi connectivity index (χ1) is 6.59. The molecule has 2 rings (SSSR count). The Hall–Kier alpha value is -1.38. The summed E-state index contributed by atoms with van der Waals surface area (Å²) in [5.74, 6) is 0. The maximum absolute atomic E-state index is 5.90. The van der Waals surface area contributed by atoms with Gasteiger partial charge in [0.1, 0.15) is 0 Å². The van der Waals surface area contributed by atoms with E-state index in [9.17, 15) is 0 Å². The first-order valence-corrected chi connectivity index (χ1v) is 4.65. The van der Waals surface area contributed by atoms with Gasteiger partial charge in [-0.2, -0.15) is 0 Å². The lowest BCUT2D eigenvalue weighted by atomic mass is 9.96. The van der Waals surface area contributed by atoms with Crippen molar-refractivity contribution >= 4 is 10.8 Å². The van der Waals surface area contributed by atoms with Crippen LogP contribution < -0.4 is 11.5 Å². The summed E-state index contributed by atoms with van der Waals surface area (Å²) in [7, 11) is 0. The lowest BCUT2D eigenvalue weighted by Gasteiger charge is -2.21. The molecule has 0 amide bonds. The number of benzene rings is 2. The Morgan fingerprint density at radius 1 is 0.929 bits per heavy atom. The first-order valence-electron chi connectivity index (χ1n) is 4.65. The molecule has 0 aliphatic heterocycles. The van der Waals surface area contributed by atoms with E-state index in [-0.39, 0.29) is 0 Å². The third-order valence-corrected chi connectivity index (χ3v) is 2.37.